The van der Waals surface area contributed by atoms with E-state index in [9.17, 15) is 0 Å². The van der Waals surface area contributed by atoms with Crippen LogP contribution in [-0.4, -0.2) is 50.7 Å². The molecule has 0 amide bonds. The van der Waals surface area contributed by atoms with Gasteiger partial charge in [-0.1, -0.05) is 29.8 Å². The number of hydrogen-bond acceptors (Lipinski definition) is 6. The minimum Gasteiger partial charge on any atom is -0.357 e. The van der Waals surface area contributed by atoms with Gasteiger partial charge in [0.05, 0.1) is 22.1 Å². The zero-order chi connectivity index (χ0) is 23.8. The van der Waals surface area contributed by atoms with Crippen molar-refractivity contribution in [2.45, 2.75) is 27.7 Å². The first kappa shape index (κ1) is 22.3. The molecule has 2 aromatic carbocycles. The van der Waals surface area contributed by atoms with Crippen LogP contribution in [0.1, 0.15) is 27.7 Å². The molecule has 3 heterocycles. The van der Waals surface area contributed by atoms with Gasteiger partial charge in [0.1, 0.15) is 5.82 Å². The van der Waals surface area contributed by atoms with Crippen LogP contribution in [0.5, 0.6) is 0 Å². The van der Waals surface area contributed by atoms with E-state index in [4.69, 9.17) is 26.7 Å². The number of aromatic nitrogens is 5. The third-order valence-electron chi connectivity index (χ3n) is 6.34. The van der Waals surface area contributed by atoms with Crippen LogP contribution in [0, 0.1) is 0 Å². The molecule has 0 aliphatic heterocycles. The molecule has 0 aliphatic carbocycles. The number of fused-ring (bicyclic) bond motifs is 4. The lowest BCUT2D eigenvalue weighted by atomic mass is 10.1. The van der Waals surface area contributed by atoms with Crippen molar-refractivity contribution in [2.75, 3.05) is 36.0 Å². The molecule has 0 radical (unpaired) electrons. The fourth-order valence-electron chi connectivity index (χ4n) is 4.54. The summed E-state index contributed by atoms with van der Waals surface area (Å²) in [5.41, 5.74) is 4.33. The molecular weight excluding hydrogens is 446 g/mol. The molecule has 0 atom stereocenters. The van der Waals surface area contributed by atoms with Gasteiger partial charge in [-0.25, -0.2) is 9.97 Å². The summed E-state index contributed by atoms with van der Waals surface area (Å²) in [5, 5.41) is 11.1. The van der Waals surface area contributed by atoms with Gasteiger partial charge < -0.3 is 9.80 Å². The van der Waals surface area contributed by atoms with E-state index in [-0.39, 0.29) is 0 Å². The van der Waals surface area contributed by atoms with Crippen molar-refractivity contribution in [3.05, 3.63) is 53.6 Å². The molecule has 0 aliphatic rings. The quantitative estimate of drug-likeness (QED) is 0.296. The topological polar surface area (TPSA) is 62.5 Å². The molecule has 0 spiro atoms. The Morgan fingerprint density at radius 1 is 0.765 bits per heavy atom. The number of pyridine rings is 1. The van der Waals surface area contributed by atoms with Crippen LogP contribution in [-0.2, 0) is 0 Å². The predicted octanol–water partition coefficient (Wildman–Crippen LogP) is 5.84. The Kier molecular flexibility index (Phi) is 5.96. The van der Waals surface area contributed by atoms with Crippen LogP contribution < -0.4 is 9.80 Å². The number of para-hydroxylation sites is 1. The summed E-state index contributed by atoms with van der Waals surface area (Å²) < 4.78 is 2.08. The highest BCUT2D eigenvalue weighted by Crippen LogP contribution is 2.35. The lowest BCUT2D eigenvalue weighted by molar-refractivity contribution is 0.847. The van der Waals surface area contributed by atoms with Gasteiger partial charge in [0.2, 0.25) is 5.65 Å². The maximum Gasteiger partial charge on any atom is 0.204 e. The Hall–Kier alpha value is -3.45. The minimum absolute atomic E-state index is 0.645. The molecule has 0 fully saturated rings. The number of rotatable bonds is 7. The summed E-state index contributed by atoms with van der Waals surface area (Å²) in [6.07, 6.45) is 0. The fourth-order valence-corrected chi connectivity index (χ4v) is 4.70. The molecule has 0 N–H and O–H groups in total. The highest BCUT2D eigenvalue weighted by Gasteiger charge is 2.23. The average Bonchev–Trinajstić information content (AvgIpc) is 3.31. The van der Waals surface area contributed by atoms with Crippen LogP contribution in [0.3, 0.4) is 0 Å². The van der Waals surface area contributed by atoms with Crippen molar-refractivity contribution in [3.8, 4) is 11.4 Å². The maximum atomic E-state index is 6.43. The smallest absolute Gasteiger partial charge is 0.204 e. The van der Waals surface area contributed by atoms with E-state index >= 15 is 0 Å². The summed E-state index contributed by atoms with van der Waals surface area (Å²) in [4.78, 5) is 14.5. The fraction of sp³-hybridized carbons (Fsp3) is 0.308. The van der Waals surface area contributed by atoms with Crippen molar-refractivity contribution >= 4 is 50.8 Å². The molecule has 0 saturated carbocycles. The van der Waals surface area contributed by atoms with E-state index in [0.717, 1.165) is 71.1 Å². The lowest BCUT2D eigenvalue weighted by Gasteiger charge is -2.23. The van der Waals surface area contributed by atoms with Gasteiger partial charge in [-0.3, -0.25) is 4.40 Å². The zero-order valence-electron chi connectivity index (χ0n) is 20.0. The van der Waals surface area contributed by atoms with Gasteiger partial charge in [-0.05, 0) is 58.0 Å². The first-order chi connectivity index (χ1) is 16.6. The van der Waals surface area contributed by atoms with E-state index in [0.29, 0.717) is 10.7 Å². The molecule has 5 rings (SSSR count). The van der Waals surface area contributed by atoms with Crippen molar-refractivity contribution in [1.82, 2.24) is 24.6 Å². The van der Waals surface area contributed by atoms with Crippen LogP contribution in [0.2, 0.25) is 5.02 Å². The molecule has 5 aromatic rings. The molecule has 174 valence electrons. The van der Waals surface area contributed by atoms with E-state index < -0.39 is 0 Å². The molecule has 0 saturated heterocycles. The Balaban J connectivity index is 1.91. The number of anilines is 2. The minimum atomic E-state index is 0.645. The predicted molar refractivity (Wildman–Crippen MR) is 141 cm³/mol. The van der Waals surface area contributed by atoms with Gasteiger partial charge in [-0.15, -0.1) is 10.2 Å². The van der Waals surface area contributed by atoms with Crippen molar-refractivity contribution < 1.29 is 0 Å². The van der Waals surface area contributed by atoms with Crippen LogP contribution in [0.4, 0.5) is 11.6 Å². The normalized spacial score (nSPS) is 11.6. The first-order valence-corrected chi connectivity index (χ1v) is 12.2. The Bertz CT molecular complexity index is 1490. The second-order valence-electron chi connectivity index (χ2n) is 8.15. The zero-order valence-corrected chi connectivity index (χ0v) is 20.7. The number of hydrogen-bond donors (Lipinski definition) is 0. The van der Waals surface area contributed by atoms with Gasteiger partial charge in [0.15, 0.2) is 11.6 Å². The molecular formula is C26H28ClN7. The molecule has 0 bridgehead atoms. The van der Waals surface area contributed by atoms with Crippen molar-refractivity contribution in [1.29, 1.82) is 0 Å². The Morgan fingerprint density at radius 2 is 1.44 bits per heavy atom. The third kappa shape index (κ3) is 3.60. The summed E-state index contributed by atoms with van der Waals surface area (Å²) in [6, 6.07) is 16.1. The van der Waals surface area contributed by atoms with Crippen LogP contribution >= 0.6 is 11.6 Å². The third-order valence-corrected chi connectivity index (χ3v) is 6.57. The Morgan fingerprint density at radius 3 is 2.18 bits per heavy atom. The number of benzene rings is 2. The molecule has 0 unspecified atom stereocenters. The largest absolute Gasteiger partial charge is 0.357 e. The van der Waals surface area contributed by atoms with Crippen LogP contribution in [0.15, 0.2) is 48.5 Å². The van der Waals surface area contributed by atoms with Crippen LogP contribution in [0.25, 0.3) is 39.0 Å². The Labute approximate surface area is 204 Å². The standard InChI is InChI=1S/C26H28ClN7/c1-5-32(6-2)23-19(15-17-11-9-10-12-20(17)28-23)24-30-31-26-25(33(7-3)8-4)29-21-14-13-18(27)16-22(21)34(24)26/h9-16H,5-8H2,1-4H3. The number of nitrogens with zero attached hydrogens (tertiary/aromatic N) is 7. The molecule has 3 aromatic heterocycles. The highest BCUT2D eigenvalue weighted by molar-refractivity contribution is 6.31. The van der Waals surface area contributed by atoms with E-state index in [1.807, 2.05) is 36.4 Å². The summed E-state index contributed by atoms with van der Waals surface area (Å²) in [5.74, 6) is 2.45. The van der Waals surface area contributed by atoms with Gasteiger partial charge in [0, 0.05) is 36.6 Å². The van der Waals surface area contributed by atoms with Gasteiger partial charge in [0.25, 0.3) is 0 Å². The average molecular weight is 474 g/mol. The maximum absolute atomic E-state index is 6.43. The lowest BCUT2D eigenvalue weighted by Crippen LogP contribution is -2.24. The SMILES string of the molecule is CCN(CC)c1nc2ccccc2cc1-c1nnc2c(N(CC)CC)nc3ccc(Cl)cc3n12. The second kappa shape index (κ2) is 9.06. The molecule has 34 heavy (non-hydrogen) atoms. The second-order valence-corrected chi connectivity index (χ2v) is 8.58. The summed E-state index contributed by atoms with van der Waals surface area (Å²) in [6.45, 7) is 11.8. The monoisotopic (exact) mass is 473 g/mol. The van der Waals surface area contributed by atoms with E-state index in [1.165, 1.54) is 0 Å². The molecule has 8 heteroatoms. The first-order valence-electron chi connectivity index (χ1n) is 11.8. The highest BCUT2D eigenvalue weighted by atomic mass is 35.5. The number of halogens is 1. The summed E-state index contributed by atoms with van der Waals surface area (Å²) in [7, 11) is 0. The van der Waals surface area contributed by atoms with Gasteiger partial charge in [-0.2, -0.15) is 0 Å². The van der Waals surface area contributed by atoms with Gasteiger partial charge >= 0.3 is 0 Å². The van der Waals surface area contributed by atoms with E-state index in [2.05, 4.69) is 59.1 Å². The van der Waals surface area contributed by atoms with Crippen molar-refractivity contribution in [2.24, 2.45) is 0 Å². The molecule has 7 nitrogen and oxygen atoms in total. The van der Waals surface area contributed by atoms with Crippen molar-refractivity contribution in [3.63, 3.8) is 0 Å². The summed E-state index contributed by atoms with van der Waals surface area (Å²) >= 11 is 6.43. The van der Waals surface area contributed by atoms with E-state index in [1.54, 1.807) is 0 Å².